The highest BCUT2D eigenvalue weighted by Crippen LogP contribution is 2.21. The van der Waals surface area contributed by atoms with Crippen molar-refractivity contribution in [1.82, 2.24) is 4.98 Å². The predicted octanol–water partition coefficient (Wildman–Crippen LogP) is 2.56. The number of rotatable bonds is 4. The number of hydrogen-bond donors (Lipinski definition) is 1. The van der Waals surface area contributed by atoms with E-state index in [1.807, 2.05) is 24.3 Å². The van der Waals surface area contributed by atoms with E-state index in [-0.39, 0.29) is 5.97 Å². The summed E-state index contributed by atoms with van der Waals surface area (Å²) in [6.07, 6.45) is 6.48. The van der Waals surface area contributed by atoms with Crippen molar-refractivity contribution in [2.75, 3.05) is 7.11 Å². The summed E-state index contributed by atoms with van der Waals surface area (Å²) in [7, 11) is 1.36. The van der Waals surface area contributed by atoms with Crippen molar-refractivity contribution in [1.29, 1.82) is 0 Å². The first-order valence-corrected chi connectivity index (χ1v) is 5.56. The van der Waals surface area contributed by atoms with Crippen LogP contribution in [0.1, 0.15) is 22.3 Å². The van der Waals surface area contributed by atoms with E-state index in [4.69, 9.17) is 4.74 Å². The van der Waals surface area contributed by atoms with Gasteiger partial charge in [-0.1, -0.05) is 18.2 Å². The zero-order valence-electron chi connectivity index (χ0n) is 9.97. The van der Waals surface area contributed by atoms with E-state index in [1.165, 1.54) is 7.11 Å². The van der Waals surface area contributed by atoms with E-state index in [1.54, 1.807) is 12.3 Å². The molecule has 0 fully saturated rings. The van der Waals surface area contributed by atoms with Gasteiger partial charge in [0, 0.05) is 23.5 Å². The molecule has 0 atom stereocenters. The molecule has 4 nitrogen and oxygen atoms in total. The Morgan fingerprint density at radius 2 is 2.28 bits per heavy atom. The Kier molecular flexibility index (Phi) is 3.57. The molecule has 18 heavy (non-hydrogen) atoms. The third kappa shape index (κ3) is 2.32. The fourth-order valence-electron chi connectivity index (χ4n) is 1.78. The summed E-state index contributed by atoms with van der Waals surface area (Å²) in [5.41, 5.74) is 2.33. The van der Waals surface area contributed by atoms with Gasteiger partial charge in [-0.05, 0) is 17.7 Å². The summed E-state index contributed by atoms with van der Waals surface area (Å²) in [5.74, 6) is -0.365. The molecule has 0 bridgehead atoms. The van der Waals surface area contributed by atoms with Crippen LogP contribution in [0.4, 0.5) is 0 Å². The topological polar surface area (TPSA) is 59.2 Å². The average molecular weight is 243 g/mol. The van der Waals surface area contributed by atoms with Crippen LogP contribution in [0.15, 0.2) is 30.5 Å². The molecule has 2 rings (SSSR count). The van der Waals surface area contributed by atoms with Crippen molar-refractivity contribution in [2.24, 2.45) is 0 Å². The fourth-order valence-corrected chi connectivity index (χ4v) is 1.78. The highest BCUT2D eigenvalue weighted by Gasteiger charge is 2.11. The largest absolute Gasteiger partial charge is 0.465 e. The molecular weight excluding hydrogens is 230 g/mol. The average Bonchev–Trinajstić information content (AvgIpc) is 2.81. The molecule has 0 unspecified atom stereocenters. The van der Waals surface area contributed by atoms with Crippen molar-refractivity contribution in [3.63, 3.8) is 0 Å². The first-order valence-electron chi connectivity index (χ1n) is 5.56. The quantitative estimate of drug-likeness (QED) is 0.663. The second-order valence-electron chi connectivity index (χ2n) is 3.80. The van der Waals surface area contributed by atoms with Gasteiger partial charge in [-0.15, -0.1) is 0 Å². The fraction of sp³-hybridized carbons (Fsp3) is 0.143. The molecule has 1 aromatic heterocycles. The Hall–Kier alpha value is -2.36. The van der Waals surface area contributed by atoms with Crippen LogP contribution in [-0.2, 0) is 9.53 Å². The van der Waals surface area contributed by atoms with Gasteiger partial charge >= 0.3 is 5.97 Å². The van der Waals surface area contributed by atoms with Gasteiger partial charge in [-0.3, -0.25) is 0 Å². The van der Waals surface area contributed by atoms with E-state index >= 15 is 0 Å². The first kappa shape index (κ1) is 12.1. The van der Waals surface area contributed by atoms with Gasteiger partial charge in [-0.25, -0.2) is 4.79 Å². The lowest BCUT2D eigenvalue weighted by Gasteiger charge is -1.98. The van der Waals surface area contributed by atoms with Crippen LogP contribution >= 0.6 is 0 Å². The zero-order valence-corrected chi connectivity index (χ0v) is 9.97. The first-order chi connectivity index (χ1) is 8.76. The lowest BCUT2D eigenvalue weighted by atomic mass is 10.1. The van der Waals surface area contributed by atoms with Crippen LogP contribution in [0.5, 0.6) is 0 Å². The highest BCUT2D eigenvalue weighted by molar-refractivity contribution is 6.04. The number of H-pyrrole nitrogens is 1. The molecule has 1 aromatic carbocycles. The Labute approximate surface area is 104 Å². The molecule has 0 saturated carbocycles. The van der Waals surface area contributed by atoms with Gasteiger partial charge < -0.3 is 14.5 Å². The number of nitrogens with one attached hydrogen (secondary N) is 1. The summed E-state index contributed by atoms with van der Waals surface area (Å²) in [5, 5.41) is 0.815. The maximum atomic E-state index is 11.6. The SMILES string of the molecule is COC(=O)c1c[nH]c2ccc(C=CCC=O)cc12. The molecule has 1 heterocycles. The van der Waals surface area contributed by atoms with E-state index in [9.17, 15) is 9.59 Å². The third-order valence-electron chi connectivity index (χ3n) is 2.65. The summed E-state index contributed by atoms with van der Waals surface area (Å²) in [6.45, 7) is 0. The van der Waals surface area contributed by atoms with Crippen LogP contribution in [0, 0.1) is 0 Å². The smallest absolute Gasteiger partial charge is 0.340 e. The predicted molar refractivity (Wildman–Crippen MR) is 69.4 cm³/mol. The molecular formula is C14H13NO3. The number of aromatic nitrogens is 1. The zero-order chi connectivity index (χ0) is 13.0. The number of allylic oxidation sites excluding steroid dienone is 1. The van der Waals surface area contributed by atoms with E-state index in [0.29, 0.717) is 12.0 Å². The Morgan fingerprint density at radius 3 is 3.00 bits per heavy atom. The number of fused-ring (bicyclic) bond motifs is 1. The van der Waals surface area contributed by atoms with E-state index in [2.05, 4.69) is 4.98 Å². The molecule has 2 aromatic rings. The Morgan fingerprint density at radius 1 is 1.44 bits per heavy atom. The van der Waals surface area contributed by atoms with Gasteiger partial charge in [0.25, 0.3) is 0 Å². The number of carbonyl (C=O) groups excluding carboxylic acids is 2. The lowest BCUT2D eigenvalue weighted by molar-refractivity contribution is -0.107. The van der Waals surface area contributed by atoms with E-state index in [0.717, 1.165) is 22.8 Å². The minimum absolute atomic E-state index is 0.365. The minimum atomic E-state index is -0.365. The summed E-state index contributed by atoms with van der Waals surface area (Å²) in [4.78, 5) is 24.8. The molecule has 0 amide bonds. The molecule has 0 aliphatic heterocycles. The highest BCUT2D eigenvalue weighted by atomic mass is 16.5. The standard InChI is InChI=1S/C14H13NO3/c1-18-14(17)12-9-15-13-6-5-10(8-11(12)13)4-2-3-7-16/h2,4-9,15H,3H2,1H3. The molecule has 0 aliphatic carbocycles. The second kappa shape index (κ2) is 5.31. The maximum absolute atomic E-state index is 11.6. The molecule has 1 N–H and O–H groups in total. The van der Waals surface area contributed by atoms with Crippen molar-refractivity contribution in [3.05, 3.63) is 41.6 Å². The van der Waals surface area contributed by atoms with Crippen LogP contribution in [0.25, 0.3) is 17.0 Å². The van der Waals surface area contributed by atoms with Gasteiger partial charge in [-0.2, -0.15) is 0 Å². The number of benzene rings is 1. The minimum Gasteiger partial charge on any atom is -0.465 e. The van der Waals surface area contributed by atoms with Gasteiger partial charge in [0.05, 0.1) is 12.7 Å². The van der Waals surface area contributed by atoms with Gasteiger partial charge in [0.1, 0.15) is 6.29 Å². The number of aldehydes is 1. The number of aromatic amines is 1. The van der Waals surface area contributed by atoms with Crippen molar-refractivity contribution < 1.29 is 14.3 Å². The molecule has 92 valence electrons. The Balaban J connectivity index is 2.42. The summed E-state index contributed by atoms with van der Waals surface area (Å²) in [6, 6.07) is 5.70. The van der Waals surface area contributed by atoms with Crippen molar-refractivity contribution in [3.8, 4) is 0 Å². The summed E-state index contributed by atoms with van der Waals surface area (Å²) >= 11 is 0. The van der Waals surface area contributed by atoms with Gasteiger partial charge in [0.2, 0.25) is 0 Å². The van der Waals surface area contributed by atoms with Crippen LogP contribution in [0.3, 0.4) is 0 Å². The van der Waals surface area contributed by atoms with Crippen LogP contribution < -0.4 is 0 Å². The second-order valence-corrected chi connectivity index (χ2v) is 3.80. The monoisotopic (exact) mass is 243 g/mol. The number of carbonyl (C=O) groups is 2. The number of hydrogen-bond acceptors (Lipinski definition) is 3. The van der Waals surface area contributed by atoms with Crippen LogP contribution in [0.2, 0.25) is 0 Å². The molecule has 0 radical (unpaired) electrons. The van der Waals surface area contributed by atoms with E-state index < -0.39 is 0 Å². The maximum Gasteiger partial charge on any atom is 0.340 e. The van der Waals surface area contributed by atoms with Gasteiger partial charge in [0.15, 0.2) is 0 Å². The number of esters is 1. The third-order valence-corrected chi connectivity index (χ3v) is 2.65. The molecule has 0 aliphatic rings. The lowest BCUT2D eigenvalue weighted by Crippen LogP contribution is -1.99. The number of methoxy groups -OCH3 is 1. The number of ether oxygens (including phenoxy) is 1. The van der Waals surface area contributed by atoms with Crippen molar-refractivity contribution >= 4 is 29.2 Å². The normalized spacial score (nSPS) is 10.9. The molecule has 0 saturated heterocycles. The van der Waals surface area contributed by atoms with Crippen LogP contribution in [-0.4, -0.2) is 24.3 Å². The Bertz CT molecular complexity index is 611. The molecule has 0 spiro atoms. The molecule has 4 heteroatoms. The summed E-state index contributed by atoms with van der Waals surface area (Å²) < 4.78 is 4.72. The van der Waals surface area contributed by atoms with Crippen molar-refractivity contribution in [2.45, 2.75) is 6.42 Å².